The maximum Gasteiger partial charge on any atom is 0.342 e. The van der Waals surface area contributed by atoms with Crippen LogP contribution in [0.25, 0.3) is 0 Å². The first kappa shape index (κ1) is 14.3. The van der Waals surface area contributed by atoms with Crippen LogP contribution in [-0.2, 0) is 4.79 Å². The lowest BCUT2D eigenvalue weighted by molar-refractivity contribution is -0.155. The summed E-state index contributed by atoms with van der Waals surface area (Å²) in [5, 5.41) is 9.21. The number of carbonyl (C=O) groups excluding carboxylic acids is 1. The molecule has 1 rings (SSSR count). The van der Waals surface area contributed by atoms with Crippen LogP contribution in [0.5, 0.6) is 0 Å². The first-order valence-electron chi connectivity index (χ1n) is 5.66. The minimum atomic E-state index is -3.81. The predicted octanol–water partition coefficient (Wildman–Crippen LogP) is 2.40. The second kappa shape index (κ2) is 6.27. The van der Waals surface area contributed by atoms with Crippen molar-refractivity contribution in [2.24, 2.45) is 0 Å². The molecule has 0 bridgehead atoms. The SMILES string of the molecule is CCCC(O)C(F)(F)C(=O)C#Cc1ccccc1. The van der Waals surface area contributed by atoms with E-state index in [0.717, 1.165) is 0 Å². The number of aliphatic hydroxyl groups excluding tert-OH is 1. The lowest BCUT2D eigenvalue weighted by Gasteiger charge is -2.17. The Hall–Kier alpha value is -1.73. The number of carbonyl (C=O) groups is 1. The maximum absolute atomic E-state index is 13.4. The molecule has 1 unspecified atom stereocenters. The molecule has 1 aromatic rings. The quantitative estimate of drug-likeness (QED) is 0.835. The zero-order valence-corrected chi connectivity index (χ0v) is 9.99. The molecule has 0 aliphatic rings. The maximum atomic E-state index is 13.4. The first-order valence-corrected chi connectivity index (χ1v) is 5.66. The topological polar surface area (TPSA) is 37.3 Å². The van der Waals surface area contributed by atoms with E-state index in [0.29, 0.717) is 12.0 Å². The number of halogens is 2. The second-order valence-electron chi connectivity index (χ2n) is 3.87. The summed E-state index contributed by atoms with van der Waals surface area (Å²) in [6.45, 7) is 1.65. The number of Topliss-reactive ketones (excluding diaryl/α,β-unsaturated/α-hetero) is 1. The van der Waals surface area contributed by atoms with Crippen LogP contribution in [0.3, 0.4) is 0 Å². The third-order valence-corrected chi connectivity index (χ3v) is 2.38. The Balaban J connectivity index is 2.80. The van der Waals surface area contributed by atoms with Gasteiger partial charge in [0.1, 0.15) is 6.10 Å². The molecule has 1 N–H and O–H groups in total. The van der Waals surface area contributed by atoms with Gasteiger partial charge in [0.2, 0.25) is 0 Å². The van der Waals surface area contributed by atoms with Crippen LogP contribution in [0.1, 0.15) is 25.3 Å². The lowest BCUT2D eigenvalue weighted by Crippen LogP contribution is -2.40. The van der Waals surface area contributed by atoms with Crippen molar-refractivity contribution in [3.63, 3.8) is 0 Å². The molecule has 0 fully saturated rings. The van der Waals surface area contributed by atoms with E-state index in [-0.39, 0.29) is 6.42 Å². The molecule has 96 valence electrons. The van der Waals surface area contributed by atoms with Gasteiger partial charge in [-0.2, -0.15) is 8.78 Å². The van der Waals surface area contributed by atoms with Crippen LogP contribution in [0.15, 0.2) is 30.3 Å². The number of hydrogen-bond acceptors (Lipinski definition) is 2. The van der Waals surface area contributed by atoms with Gasteiger partial charge in [0.25, 0.3) is 5.78 Å². The summed E-state index contributed by atoms with van der Waals surface area (Å²) in [5.41, 5.74) is 0.478. The summed E-state index contributed by atoms with van der Waals surface area (Å²) < 4.78 is 26.8. The molecule has 1 aromatic carbocycles. The van der Waals surface area contributed by atoms with Crippen molar-refractivity contribution in [2.45, 2.75) is 31.8 Å². The van der Waals surface area contributed by atoms with Gasteiger partial charge < -0.3 is 5.11 Å². The summed E-state index contributed by atoms with van der Waals surface area (Å²) >= 11 is 0. The van der Waals surface area contributed by atoms with Crippen LogP contribution in [0.2, 0.25) is 0 Å². The predicted molar refractivity (Wildman–Crippen MR) is 64.2 cm³/mol. The van der Waals surface area contributed by atoms with E-state index in [1.165, 1.54) is 0 Å². The Morgan fingerprint density at radius 3 is 2.56 bits per heavy atom. The number of ketones is 1. The number of benzene rings is 1. The molecule has 0 saturated carbocycles. The van der Waals surface area contributed by atoms with Crippen LogP contribution >= 0.6 is 0 Å². The van der Waals surface area contributed by atoms with Crippen molar-refractivity contribution < 1.29 is 18.7 Å². The normalized spacial score (nSPS) is 12.4. The third kappa shape index (κ3) is 3.64. The molecule has 1 atom stereocenters. The monoisotopic (exact) mass is 252 g/mol. The molecule has 4 heteroatoms. The van der Waals surface area contributed by atoms with Gasteiger partial charge in [-0.1, -0.05) is 37.5 Å². The molecule has 0 aromatic heterocycles. The molecule has 0 aliphatic carbocycles. The number of alkyl halides is 2. The number of aliphatic hydroxyl groups is 1. The minimum Gasteiger partial charge on any atom is -0.386 e. The van der Waals surface area contributed by atoms with Crippen LogP contribution < -0.4 is 0 Å². The second-order valence-corrected chi connectivity index (χ2v) is 3.87. The van der Waals surface area contributed by atoms with Crippen molar-refractivity contribution in [3.8, 4) is 11.8 Å². The van der Waals surface area contributed by atoms with Gasteiger partial charge in [0.15, 0.2) is 0 Å². The average Bonchev–Trinajstić information content (AvgIpc) is 2.37. The molecule has 0 radical (unpaired) electrons. The molecule has 0 saturated heterocycles. The van der Waals surface area contributed by atoms with E-state index >= 15 is 0 Å². The van der Waals surface area contributed by atoms with Gasteiger partial charge in [-0.05, 0) is 24.5 Å². The zero-order valence-electron chi connectivity index (χ0n) is 9.99. The molecule has 0 amide bonds. The first-order chi connectivity index (χ1) is 8.48. The Bertz CT molecular complexity index is 458. The van der Waals surface area contributed by atoms with E-state index < -0.39 is 17.8 Å². The molecular formula is C14H14F2O2. The summed E-state index contributed by atoms with van der Waals surface area (Å²) in [6.07, 6.45) is -1.73. The van der Waals surface area contributed by atoms with Crippen LogP contribution in [-0.4, -0.2) is 22.9 Å². The largest absolute Gasteiger partial charge is 0.386 e. The Morgan fingerprint density at radius 1 is 1.39 bits per heavy atom. The van der Waals surface area contributed by atoms with E-state index in [4.69, 9.17) is 0 Å². The fraction of sp³-hybridized carbons (Fsp3) is 0.357. The van der Waals surface area contributed by atoms with Crippen molar-refractivity contribution in [2.75, 3.05) is 0 Å². The van der Waals surface area contributed by atoms with Gasteiger partial charge >= 0.3 is 5.92 Å². The number of hydrogen-bond donors (Lipinski definition) is 1. The summed E-state index contributed by atoms with van der Waals surface area (Å²) in [4.78, 5) is 11.3. The molecule has 0 spiro atoms. The molecule has 2 nitrogen and oxygen atoms in total. The molecule has 18 heavy (non-hydrogen) atoms. The fourth-order valence-corrected chi connectivity index (χ4v) is 1.34. The van der Waals surface area contributed by atoms with Gasteiger partial charge in [0.05, 0.1) is 0 Å². The standard InChI is InChI=1S/C14H14F2O2/c1-2-6-12(17)14(15,16)13(18)10-9-11-7-4-3-5-8-11/h3-5,7-8,12,17H,2,6H2,1H3. The highest BCUT2D eigenvalue weighted by atomic mass is 19.3. The summed E-state index contributed by atoms with van der Waals surface area (Å²) in [5.74, 6) is -1.12. The highest BCUT2D eigenvalue weighted by molar-refractivity contribution is 6.01. The van der Waals surface area contributed by atoms with E-state index in [2.05, 4.69) is 5.92 Å². The van der Waals surface area contributed by atoms with Crippen LogP contribution in [0.4, 0.5) is 8.78 Å². The Kier molecular flexibility index (Phi) is 4.99. The Morgan fingerprint density at radius 2 is 2.00 bits per heavy atom. The van der Waals surface area contributed by atoms with E-state index in [1.54, 1.807) is 37.3 Å². The van der Waals surface area contributed by atoms with Gasteiger partial charge in [0, 0.05) is 5.56 Å². The van der Waals surface area contributed by atoms with Crippen LogP contribution in [0, 0.1) is 11.8 Å². The summed E-state index contributed by atoms with van der Waals surface area (Å²) in [6, 6.07) is 8.37. The van der Waals surface area contributed by atoms with Gasteiger partial charge in [-0.25, -0.2) is 0 Å². The highest BCUT2D eigenvalue weighted by Gasteiger charge is 2.44. The zero-order chi connectivity index (χ0) is 13.6. The fourth-order valence-electron chi connectivity index (χ4n) is 1.34. The molecule has 0 heterocycles. The minimum absolute atomic E-state index is 0.133. The lowest BCUT2D eigenvalue weighted by atomic mass is 10.0. The summed E-state index contributed by atoms with van der Waals surface area (Å²) in [7, 11) is 0. The van der Waals surface area contributed by atoms with Gasteiger partial charge in [-0.15, -0.1) is 0 Å². The third-order valence-electron chi connectivity index (χ3n) is 2.38. The van der Waals surface area contributed by atoms with E-state index in [1.807, 2.05) is 5.92 Å². The van der Waals surface area contributed by atoms with Crippen molar-refractivity contribution in [3.05, 3.63) is 35.9 Å². The number of rotatable bonds is 4. The average molecular weight is 252 g/mol. The van der Waals surface area contributed by atoms with E-state index in [9.17, 15) is 18.7 Å². The highest BCUT2D eigenvalue weighted by Crippen LogP contribution is 2.23. The van der Waals surface area contributed by atoms with Gasteiger partial charge in [-0.3, -0.25) is 4.79 Å². The van der Waals surface area contributed by atoms with Crippen molar-refractivity contribution in [1.82, 2.24) is 0 Å². The Labute approximate surface area is 105 Å². The van der Waals surface area contributed by atoms with Crippen molar-refractivity contribution in [1.29, 1.82) is 0 Å². The molecular weight excluding hydrogens is 238 g/mol. The van der Waals surface area contributed by atoms with Crippen molar-refractivity contribution >= 4 is 5.78 Å². The smallest absolute Gasteiger partial charge is 0.342 e. The molecule has 0 aliphatic heterocycles.